The molecule has 1 aliphatic rings. The van der Waals surface area contributed by atoms with E-state index in [4.69, 9.17) is 10.7 Å². The molecule has 1 aliphatic heterocycles. The monoisotopic (exact) mass is 599 g/mol. The average molecular weight is 601 g/mol. The summed E-state index contributed by atoms with van der Waals surface area (Å²) in [6.45, 7) is 1.03. The second-order valence-electron chi connectivity index (χ2n) is 9.71. The fraction of sp³-hybridized carbons (Fsp3) is 0.121. The van der Waals surface area contributed by atoms with Gasteiger partial charge in [0.25, 0.3) is 11.8 Å². The molecular formula is C33H31Cl2N5O2. The number of nitrogens with one attached hydrogen (secondary N) is 2. The predicted octanol–water partition coefficient (Wildman–Crippen LogP) is 6.54. The third-order valence-electron chi connectivity index (χ3n) is 7.14. The van der Waals surface area contributed by atoms with Gasteiger partial charge in [0, 0.05) is 41.8 Å². The standard InChI is InChI=1S/C33H29N5O2.2ClH/c34-20-18-30-36-28-19-21-38(29-13-7-6-12-27(29)31(28)37-30)33(40)23-14-16-24(17-15-23)35-32(39)26-11-5-4-10-25(26)22-8-2-1-3-9-22;;/h1-17H,18-21,34H2,(H,35,39)(H,36,37);2*1H. The van der Waals surface area contributed by atoms with Gasteiger partial charge in [0.05, 0.1) is 17.1 Å². The van der Waals surface area contributed by atoms with Crippen LogP contribution in [0.3, 0.4) is 0 Å². The summed E-state index contributed by atoms with van der Waals surface area (Å²) in [6.07, 6.45) is 1.31. The Hall–Kier alpha value is -4.43. The molecule has 0 aliphatic carbocycles. The molecule has 214 valence electrons. The van der Waals surface area contributed by atoms with Gasteiger partial charge < -0.3 is 20.9 Å². The molecule has 4 aromatic carbocycles. The first kappa shape index (κ1) is 30.5. The minimum Gasteiger partial charge on any atom is -0.342 e. The zero-order chi connectivity index (χ0) is 27.5. The van der Waals surface area contributed by atoms with Crippen LogP contribution >= 0.6 is 24.8 Å². The normalized spacial score (nSPS) is 11.7. The summed E-state index contributed by atoms with van der Waals surface area (Å²) < 4.78 is 0. The van der Waals surface area contributed by atoms with Crippen molar-refractivity contribution in [1.82, 2.24) is 9.97 Å². The van der Waals surface area contributed by atoms with Crippen molar-refractivity contribution in [2.45, 2.75) is 12.8 Å². The van der Waals surface area contributed by atoms with Gasteiger partial charge in [-0.05, 0) is 54.1 Å². The number of carbonyl (C=O) groups excluding carboxylic acids is 2. The molecule has 0 saturated carbocycles. The number of imidazole rings is 1. The summed E-state index contributed by atoms with van der Waals surface area (Å²) in [6, 6.07) is 32.3. The smallest absolute Gasteiger partial charge is 0.258 e. The Balaban J connectivity index is 0.00000202. The Kier molecular flexibility index (Phi) is 9.80. The van der Waals surface area contributed by atoms with Crippen molar-refractivity contribution >= 4 is 48.0 Å². The lowest BCUT2D eigenvalue weighted by molar-refractivity contribution is 0.0986. The van der Waals surface area contributed by atoms with Gasteiger partial charge in [0.15, 0.2) is 0 Å². The number of anilines is 2. The van der Waals surface area contributed by atoms with E-state index in [1.807, 2.05) is 78.9 Å². The van der Waals surface area contributed by atoms with E-state index in [1.165, 1.54) is 0 Å². The lowest BCUT2D eigenvalue weighted by Gasteiger charge is -2.23. The van der Waals surface area contributed by atoms with Crippen LogP contribution in [0.1, 0.15) is 32.2 Å². The maximum atomic E-state index is 13.7. The van der Waals surface area contributed by atoms with Crippen molar-refractivity contribution in [2.24, 2.45) is 5.73 Å². The van der Waals surface area contributed by atoms with Crippen molar-refractivity contribution < 1.29 is 9.59 Å². The highest BCUT2D eigenvalue weighted by atomic mass is 35.5. The number of amides is 2. The van der Waals surface area contributed by atoms with Crippen LogP contribution in [-0.4, -0.2) is 34.9 Å². The van der Waals surface area contributed by atoms with Crippen molar-refractivity contribution in [1.29, 1.82) is 0 Å². The van der Waals surface area contributed by atoms with Crippen molar-refractivity contribution in [3.63, 3.8) is 0 Å². The molecule has 6 rings (SSSR count). The maximum Gasteiger partial charge on any atom is 0.258 e. The number of halogens is 2. The highest BCUT2D eigenvalue weighted by molar-refractivity contribution is 6.10. The van der Waals surface area contributed by atoms with Crippen LogP contribution in [0.2, 0.25) is 0 Å². The van der Waals surface area contributed by atoms with Gasteiger partial charge in [0.1, 0.15) is 5.82 Å². The van der Waals surface area contributed by atoms with Crippen molar-refractivity contribution in [3.05, 3.63) is 126 Å². The van der Waals surface area contributed by atoms with E-state index in [9.17, 15) is 9.59 Å². The molecule has 5 aromatic rings. The third-order valence-corrected chi connectivity index (χ3v) is 7.14. The highest BCUT2D eigenvalue weighted by Gasteiger charge is 2.27. The number of para-hydroxylation sites is 1. The summed E-state index contributed by atoms with van der Waals surface area (Å²) >= 11 is 0. The molecule has 1 aromatic heterocycles. The van der Waals surface area contributed by atoms with Gasteiger partial charge in [0.2, 0.25) is 0 Å². The molecule has 4 N–H and O–H groups in total. The zero-order valence-corrected chi connectivity index (χ0v) is 24.4. The quantitative estimate of drug-likeness (QED) is 0.206. The van der Waals surface area contributed by atoms with Gasteiger partial charge >= 0.3 is 0 Å². The lowest BCUT2D eigenvalue weighted by Crippen LogP contribution is -2.32. The number of nitrogens with two attached hydrogens (primary N) is 1. The average Bonchev–Trinajstić information content (AvgIpc) is 3.34. The molecule has 9 heteroatoms. The number of hydrogen-bond acceptors (Lipinski definition) is 4. The number of aromatic amines is 1. The fourth-order valence-electron chi connectivity index (χ4n) is 5.19. The predicted molar refractivity (Wildman–Crippen MR) is 173 cm³/mol. The molecule has 2 heterocycles. The summed E-state index contributed by atoms with van der Waals surface area (Å²) in [7, 11) is 0. The first-order valence-electron chi connectivity index (χ1n) is 13.4. The van der Waals surface area contributed by atoms with E-state index < -0.39 is 0 Å². The topological polar surface area (TPSA) is 104 Å². The van der Waals surface area contributed by atoms with E-state index in [0.717, 1.165) is 39.6 Å². The summed E-state index contributed by atoms with van der Waals surface area (Å²) in [5.41, 5.74) is 13.0. The van der Waals surface area contributed by atoms with E-state index in [-0.39, 0.29) is 36.6 Å². The molecule has 0 spiro atoms. The number of benzene rings is 4. The lowest BCUT2D eigenvalue weighted by atomic mass is 9.99. The summed E-state index contributed by atoms with van der Waals surface area (Å²) in [5, 5.41) is 2.98. The van der Waals surface area contributed by atoms with Crippen LogP contribution in [0.4, 0.5) is 11.4 Å². The minimum absolute atomic E-state index is 0. The first-order chi connectivity index (χ1) is 19.6. The largest absolute Gasteiger partial charge is 0.342 e. The molecule has 7 nitrogen and oxygen atoms in total. The summed E-state index contributed by atoms with van der Waals surface area (Å²) in [4.78, 5) is 36.9. The van der Waals surface area contributed by atoms with E-state index in [2.05, 4.69) is 10.3 Å². The molecule has 42 heavy (non-hydrogen) atoms. The Morgan fingerprint density at radius 3 is 2.24 bits per heavy atom. The number of hydrogen-bond donors (Lipinski definition) is 3. The van der Waals surface area contributed by atoms with Gasteiger partial charge in [-0.2, -0.15) is 0 Å². The number of fused-ring (bicyclic) bond motifs is 3. The third kappa shape index (κ3) is 6.09. The number of aromatic nitrogens is 2. The Bertz CT molecular complexity index is 1690. The van der Waals surface area contributed by atoms with Crippen LogP contribution in [0.25, 0.3) is 22.4 Å². The Morgan fingerprint density at radius 1 is 0.833 bits per heavy atom. The van der Waals surface area contributed by atoms with Crippen LogP contribution in [0.5, 0.6) is 0 Å². The second kappa shape index (κ2) is 13.5. The van der Waals surface area contributed by atoms with Crippen LogP contribution in [0, 0.1) is 0 Å². The van der Waals surface area contributed by atoms with E-state index >= 15 is 0 Å². The number of rotatable bonds is 6. The minimum atomic E-state index is -0.206. The SMILES string of the molecule is Cl.Cl.NCCc1nc2c([nH]1)-c1ccccc1N(C(=O)c1ccc(NC(=O)c3ccccc3-c3ccccc3)cc1)CC2. The van der Waals surface area contributed by atoms with Crippen LogP contribution in [0.15, 0.2) is 103 Å². The summed E-state index contributed by atoms with van der Waals surface area (Å²) in [5.74, 6) is 0.556. The first-order valence-corrected chi connectivity index (χ1v) is 13.4. The molecule has 0 saturated heterocycles. The highest BCUT2D eigenvalue weighted by Crippen LogP contribution is 2.36. The number of H-pyrrole nitrogens is 1. The molecule has 0 unspecified atom stereocenters. The Labute approximate surface area is 257 Å². The molecule has 0 radical (unpaired) electrons. The van der Waals surface area contributed by atoms with Crippen LogP contribution < -0.4 is 16.0 Å². The van der Waals surface area contributed by atoms with Crippen molar-refractivity contribution in [2.75, 3.05) is 23.3 Å². The van der Waals surface area contributed by atoms with Gasteiger partial charge in [-0.25, -0.2) is 4.98 Å². The van der Waals surface area contributed by atoms with Gasteiger partial charge in [-0.3, -0.25) is 9.59 Å². The molecular weight excluding hydrogens is 569 g/mol. The van der Waals surface area contributed by atoms with E-state index in [0.29, 0.717) is 42.7 Å². The fourth-order valence-corrected chi connectivity index (χ4v) is 5.19. The van der Waals surface area contributed by atoms with Gasteiger partial charge in [-0.15, -0.1) is 24.8 Å². The zero-order valence-electron chi connectivity index (χ0n) is 22.7. The number of carbonyl (C=O) groups is 2. The Morgan fingerprint density at radius 2 is 1.50 bits per heavy atom. The van der Waals surface area contributed by atoms with Crippen molar-refractivity contribution in [3.8, 4) is 22.4 Å². The van der Waals surface area contributed by atoms with Gasteiger partial charge in [-0.1, -0.05) is 66.7 Å². The maximum absolute atomic E-state index is 13.7. The second-order valence-corrected chi connectivity index (χ2v) is 9.71. The molecule has 2 amide bonds. The van der Waals surface area contributed by atoms with Crippen LogP contribution in [-0.2, 0) is 12.8 Å². The molecule has 0 fully saturated rings. The molecule has 0 atom stereocenters. The number of nitrogens with zero attached hydrogens (tertiary/aromatic N) is 2. The van der Waals surface area contributed by atoms with E-state index in [1.54, 1.807) is 29.2 Å². The molecule has 0 bridgehead atoms.